The maximum absolute atomic E-state index is 13.6. The lowest BCUT2D eigenvalue weighted by atomic mass is 9.87. The second-order valence-electron chi connectivity index (χ2n) is 9.19. The van der Waals surface area contributed by atoms with E-state index in [-0.39, 0.29) is 17.5 Å². The Hall–Kier alpha value is -0.870. The number of nitrogens with zero attached hydrogens (tertiary/aromatic N) is 1. The fourth-order valence-electron chi connectivity index (χ4n) is 4.61. The highest BCUT2D eigenvalue weighted by molar-refractivity contribution is 7.89. The smallest absolute Gasteiger partial charge is 0.207 e. The van der Waals surface area contributed by atoms with E-state index < -0.39 is 10.0 Å². The third-order valence-corrected chi connectivity index (χ3v) is 8.18. The molecule has 26 heavy (non-hydrogen) atoms. The van der Waals surface area contributed by atoms with E-state index >= 15 is 0 Å². The molecule has 1 aromatic rings. The SMILES string of the molecule is CC(C)(C)c1ccc(S(=O)(=O)N(C2CCCCC2)C2CCCCC2)cc1. The average molecular weight is 378 g/mol. The third-order valence-electron chi connectivity index (χ3n) is 6.16. The first-order chi connectivity index (χ1) is 12.3. The van der Waals surface area contributed by atoms with Gasteiger partial charge in [0, 0.05) is 12.1 Å². The summed E-state index contributed by atoms with van der Waals surface area (Å²) in [6.07, 6.45) is 11.2. The molecule has 0 radical (unpaired) electrons. The Labute approximate surface area is 160 Å². The number of hydrogen-bond acceptors (Lipinski definition) is 2. The normalized spacial score (nSPS) is 21.2. The van der Waals surface area contributed by atoms with Crippen LogP contribution in [0, 0.1) is 0 Å². The molecule has 3 nitrogen and oxygen atoms in total. The Morgan fingerprint density at radius 2 is 1.19 bits per heavy atom. The minimum absolute atomic E-state index is 0.0364. The van der Waals surface area contributed by atoms with Crippen LogP contribution in [-0.4, -0.2) is 24.8 Å². The van der Waals surface area contributed by atoms with Crippen molar-refractivity contribution < 1.29 is 8.42 Å². The van der Waals surface area contributed by atoms with E-state index in [1.54, 1.807) is 0 Å². The summed E-state index contributed by atoms with van der Waals surface area (Å²) >= 11 is 0. The quantitative estimate of drug-likeness (QED) is 0.681. The zero-order chi connectivity index (χ0) is 18.8. The molecule has 1 aromatic carbocycles. The van der Waals surface area contributed by atoms with E-state index in [9.17, 15) is 8.42 Å². The Kier molecular flexibility index (Phi) is 6.13. The minimum Gasteiger partial charge on any atom is -0.207 e. The lowest BCUT2D eigenvalue weighted by Crippen LogP contribution is -2.48. The zero-order valence-corrected chi connectivity index (χ0v) is 17.5. The molecule has 0 aromatic heterocycles. The highest BCUT2D eigenvalue weighted by Gasteiger charge is 2.38. The van der Waals surface area contributed by atoms with Gasteiger partial charge in [-0.1, -0.05) is 71.4 Å². The second kappa shape index (κ2) is 8.02. The van der Waals surface area contributed by atoms with Gasteiger partial charge in [0.05, 0.1) is 4.90 Å². The van der Waals surface area contributed by atoms with Crippen LogP contribution in [0.4, 0.5) is 0 Å². The van der Waals surface area contributed by atoms with Crippen molar-refractivity contribution in [1.82, 2.24) is 4.31 Å². The maximum atomic E-state index is 13.6. The second-order valence-corrected chi connectivity index (χ2v) is 11.0. The number of hydrogen-bond donors (Lipinski definition) is 0. The fourth-order valence-corrected chi connectivity index (χ4v) is 6.54. The van der Waals surface area contributed by atoms with Crippen molar-refractivity contribution in [2.24, 2.45) is 0 Å². The molecule has 0 unspecified atom stereocenters. The van der Waals surface area contributed by atoms with Crippen LogP contribution in [0.3, 0.4) is 0 Å². The molecule has 2 aliphatic rings. The van der Waals surface area contributed by atoms with Gasteiger partial charge in [-0.15, -0.1) is 0 Å². The lowest BCUT2D eigenvalue weighted by molar-refractivity contribution is 0.169. The van der Waals surface area contributed by atoms with Gasteiger partial charge in [-0.05, 0) is 48.8 Å². The van der Waals surface area contributed by atoms with Crippen molar-refractivity contribution in [3.63, 3.8) is 0 Å². The highest BCUT2D eigenvalue weighted by Crippen LogP contribution is 2.35. The van der Waals surface area contributed by atoms with E-state index in [4.69, 9.17) is 0 Å². The standard InChI is InChI=1S/C22H35NO2S/c1-22(2,3)18-14-16-21(17-15-18)26(24,25)23(19-10-6-4-7-11-19)20-12-8-5-9-13-20/h14-17,19-20H,4-13H2,1-3H3. The van der Waals surface area contributed by atoms with Gasteiger partial charge < -0.3 is 0 Å². The van der Waals surface area contributed by atoms with Gasteiger partial charge in [-0.2, -0.15) is 4.31 Å². The molecule has 3 rings (SSSR count). The predicted octanol–water partition coefficient (Wildman–Crippen LogP) is 5.64. The Morgan fingerprint density at radius 1 is 0.769 bits per heavy atom. The Bertz CT molecular complexity index is 658. The first-order valence-corrected chi connectivity index (χ1v) is 11.9. The molecule has 2 saturated carbocycles. The summed E-state index contributed by atoms with van der Waals surface area (Å²) in [5.74, 6) is 0. The summed E-state index contributed by atoms with van der Waals surface area (Å²) in [7, 11) is -3.43. The zero-order valence-electron chi connectivity index (χ0n) is 16.7. The van der Waals surface area contributed by atoms with E-state index in [1.165, 1.54) is 18.4 Å². The van der Waals surface area contributed by atoms with Gasteiger partial charge in [-0.3, -0.25) is 0 Å². The van der Waals surface area contributed by atoms with E-state index in [0.29, 0.717) is 4.90 Å². The molecular formula is C22H35NO2S. The Balaban J connectivity index is 1.92. The molecule has 0 heterocycles. The first kappa shape index (κ1) is 19.9. The number of sulfonamides is 1. The third kappa shape index (κ3) is 4.33. The van der Waals surface area contributed by atoms with E-state index in [2.05, 4.69) is 20.8 Å². The van der Waals surface area contributed by atoms with Crippen LogP contribution in [0.5, 0.6) is 0 Å². The molecule has 0 bridgehead atoms. The fraction of sp³-hybridized carbons (Fsp3) is 0.727. The average Bonchev–Trinajstić information content (AvgIpc) is 2.63. The van der Waals surface area contributed by atoms with E-state index in [1.807, 2.05) is 28.6 Å². The molecule has 4 heteroatoms. The summed E-state index contributed by atoms with van der Waals surface area (Å²) in [6, 6.07) is 8.03. The molecule has 0 atom stereocenters. The highest BCUT2D eigenvalue weighted by atomic mass is 32.2. The monoisotopic (exact) mass is 377 g/mol. The summed E-state index contributed by atoms with van der Waals surface area (Å²) < 4.78 is 29.2. The summed E-state index contributed by atoms with van der Waals surface area (Å²) in [5, 5.41) is 0. The van der Waals surface area contributed by atoms with Crippen LogP contribution in [0.15, 0.2) is 29.2 Å². The van der Waals surface area contributed by atoms with Gasteiger partial charge in [0.1, 0.15) is 0 Å². The first-order valence-electron chi connectivity index (χ1n) is 10.4. The molecule has 2 fully saturated rings. The van der Waals surface area contributed by atoms with Crippen molar-refractivity contribution in [2.75, 3.05) is 0 Å². The van der Waals surface area contributed by atoms with Crippen LogP contribution < -0.4 is 0 Å². The van der Waals surface area contributed by atoms with Crippen LogP contribution in [0.1, 0.15) is 90.5 Å². The number of benzene rings is 1. The molecule has 0 aliphatic heterocycles. The topological polar surface area (TPSA) is 37.4 Å². The largest absolute Gasteiger partial charge is 0.243 e. The van der Waals surface area contributed by atoms with E-state index in [0.717, 1.165) is 51.4 Å². The van der Waals surface area contributed by atoms with Crippen LogP contribution in [-0.2, 0) is 15.4 Å². The molecule has 2 aliphatic carbocycles. The van der Waals surface area contributed by atoms with Gasteiger partial charge >= 0.3 is 0 Å². The van der Waals surface area contributed by atoms with Crippen molar-refractivity contribution in [2.45, 2.75) is 107 Å². The molecule has 0 amide bonds. The number of rotatable bonds is 4. The van der Waals surface area contributed by atoms with Crippen molar-refractivity contribution >= 4 is 10.0 Å². The molecule has 146 valence electrons. The molecule has 0 spiro atoms. The summed E-state index contributed by atoms with van der Waals surface area (Å²) in [5.41, 5.74) is 1.22. The predicted molar refractivity (Wildman–Crippen MR) is 108 cm³/mol. The van der Waals surface area contributed by atoms with Crippen molar-refractivity contribution in [3.05, 3.63) is 29.8 Å². The van der Waals surface area contributed by atoms with Crippen molar-refractivity contribution in [1.29, 1.82) is 0 Å². The van der Waals surface area contributed by atoms with Crippen LogP contribution in [0.25, 0.3) is 0 Å². The van der Waals surface area contributed by atoms with Gasteiger partial charge in [0.15, 0.2) is 0 Å². The van der Waals surface area contributed by atoms with Crippen LogP contribution >= 0.6 is 0 Å². The van der Waals surface area contributed by atoms with Gasteiger partial charge in [0.25, 0.3) is 0 Å². The minimum atomic E-state index is -3.43. The summed E-state index contributed by atoms with van der Waals surface area (Å²) in [4.78, 5) is 0.474. The summed E-state index contributed by atoms with van der Waals surface area (Å²) in [6.45, 7) is 6.48. The van der Waals surface area contributed by atoms with Crippen LogP contribution in [0.2, 0.25) is 0 Å². The molecular weight excluding hydrogens is 342 g/mol. The molecule has 0 saturated heterocycles. The van der Waals surface area contributed by atoms with Crippen molar-refractivity contribution in [3.8, 4) is 0 Å². The van der Waals surface area contributed by atoms with Gasteiger partial charge in [-0.25, -0.2) is 8.42 Å². The Morgan fingerprint density at radius 3 is 1.58 bits per heavy atom. The van der Waals surface area contributed by atoms with Gasteiger partial charge in [0.2, 0.25) is 10.0 Å². The molecule has 0 N–H and O–H groups in total. The maximum Gasteiger partial charge on any atom is 0.243 e. The lowest BCUT2D eigenvalue weighted by Gasteiger charge is -2.40.